The van der Waals surface area contributed by atoms with Crippen LogP contribution in [0.4, 0.5) is 0 Å². The first-order valence-corrected chi connectivity index (χ1v) is 8.91. The van der Waals surface area contributed by atoms with E-state index in [1.807, 2.05) is 38.1 Å². The van der Waals surface area contributed by atoms with E-state index >= 15 is 0 Å². The summed E-state index contributed by atoms with van der Waals surface area (Å²) < 4.78 is 27.0. The summed E-state index contributed by atoms with van der Waals surface area (Å²) in [6, 6.07) is 16.0. The topological polar surface area (TPSA) is 65.1 Å². The van der Waals surface area contributed by atoms with E-state index < -0.39 is 10.0 Å². The third-order valence-electron chi connectivity index (χ3n) is 3.73. The van der Waals surface area contributed by atoms with Gasteiger partial charge in [0.25, 0.3) is 10.0 Å². The number of rotatable bonds is 4. The van der Waals surface area contributed by atoms with Crippen LogP contribution in [0, 0.1) is 0 Å². The van der Waals surface area contributed by atoms with Crippen molar-refractivity contribution < 1.29 is 8.42 Å². The van der Waals surface area contributed by atoms with Gasteiger partial charge in [0.15, 0.2) is 0 Å². The molecule has 4 nitrogen and oxygen atoms in total. The number of hydrogen-bond donors (Lipinski definition) is 1. The van der Waals surface area contributed by atoms with Gasteiger partial charge in [-0.25, -0.2) is 12.4 Å². The zero-order chi connectivity index (χ0) is 16.7. The minimum absolute atomic E-state index is 0.280. The number of benzene rings is 2. The fourth-order valence-corrected chi connectivity index (χ4v) is 4.13. The fourth-order valence-electron chi connectivity index (χ4n) is 2.77. The molecule has 2 N–H and O–H groups in total. The van der Waals surface area contributed by atoms with E-state index in [1.54, 1.807) is 36.5 Å². The van der Waals surface area contributed by atoms with Crippen molar-refractivity contribution >= 4 is 20.9 Å². The van der Waals surface area contributed by atoms with Crippen LogP contribution in [0.1, 0.15) is 19.4 Å². The minimum atomic E-state index is -3.60. The van der Waals surface area contributed by atoms with Crippen molar-refractivity contribution in [2.24, 2.45) is 5.73 Å². The van der Waals surface area contributed by atoms with Gasteiger partial charge in [-0.2, -0.15) is 0 Å². The summed E-state index contributed by atoms with van der Waals surface area (Å²) in [7, 11) is -3.60. The number of hydrogen-bond acceptors (Lipinski definition) is 3. The highest BCUT2D eigenvalue weighted by molar-refractivity contribution is 7.90. The molecule has 0 amide bonds. The standard InChI is InChI=1S/C18H20N2O2S/c1-18(2,19)13-14-7-6-10-17-16(14)11-12-20(17)23(21,22)15-8-4-3-5-9-15/h3-12H,13,19H2,1-2H3. The number of nitrogens with zero attached hydrogens (tertiary/aromatic N) is 1. The maximum Gasteiger partial charge on any atom is 0.268 e. The first-order valence-electron chi connectivity index (χ1n) is 7.47. The zero-order valence-electron chi connectivity index (χ0n) is 13.2. The van der Waals surface area contributed by atoms with Crippen molar-refractivity contribution in [1.29, 1.82) is 0 Å². The lowest BCUT2D eigenvalue weighted by atomic mass is 9.94. The highest BCUT2D eigenvalue weighted by Crippen LogP contribution is 2.26. The molecule has 5 heteroatoms. The van der Waals surface area contributed by atoms with Crippen molar-refractivity contribution in [3.05, 3.63) is 66.4 Å². The molecule has 1 heterocycles. The van der Waals surface area contributed by atoms with Crippen molar-refractivity contribution in [3.63, 3.8) is 0 Å². The molecule has 3 aromatic rings. The van der Waals surface area contributed by atoms with E-state index in [0.29, 0.717) is 11.9 Å². The normalized spacial score (nSPS) is 12.7. The molecule has 0 saturated heterocycles. The van der Waals surface area contributed by atoms with Crippen LogP contribution in [0.2, 0.25) is 0 Å². The Kier molecular flexibility index (Phi) is 3.78. The lowest BCUT2D eigenvalue weighted by Gasteiger charge is -2.19. The van der Waals surface area contributed by atoms with Crippen LogP contribution in [-0.2, 0) is 16.4 Å². The first-order chi connectivity index (χ1) is 10.8. The second-order valence-corrected chi connectivity index (χ2v) is 8.26. The van der Waals surface area contributed by atoms with Gasteiger partial charge in [0.05, 0.1) is 10.4 Å². The first kappa shape index (κ1) is 15.8. The highest BCUT2D eigenvalue weighted by atomic mass is 32.2. The van der Waals surface area contributed by atoms with Crippen molar-refractivity contribution in [1.82, 2.24) is 3.97 Å². The quantitative estimate of drug-likeness (QED) is 0.800. The van der Waals surface area contributed by atoms with Gasteiger partial charge in [0, 0.05) is 17.1 Å². The Morgan fingerprint density at radius 2 is 1.70 bits per heavy atom. The molecule has 0 aliphatic rings. The van der Waals surface area contributed by atoms with Crippen LogP contribution in [0.3, 0.4) is 0 Å². The van der Waals surface area contributed by atoms with E-state index in [-0.39, 0.29) is 10.4 Å². The van der Waals surface area contributed by atoms with E-state index in [2.05, 4.69) is 0 Å². The van der Waals surface area contributed by atoms with E-state index in [9.17, 15) is 8.42 Å². The van der Waals surface area contributed by atoms with Crippen LogP contribution < -0.4 is 5.73 Å². The summed E-state index contributed by atoms with van der Waals surface area (Å²) >= 11 is 0. The van der Waals surface area contributed by atoms with Crippen molar-refractivity contribution in [2.45, 2.75) is 30.7 Å². The van der Waals surface area contributed by atoms with Gasteiger partial charge in [-0.15, -0.1) is 0 Å². The van der Waals surface area contributed by atoms with Gasteiger partial charge in [-0.05, 0) is 50.1 Å². The van der Waals surface area contributed by atoms with E-state index in [0.717, 1.165) is 10.9 Å². The monoisotopic (exact) mass is 328 g/mol. The molecule has 0 aliphatic heterocycles. The molecule has 23 heavy (non-hydrogen) atoms. The molecule has 0 fully saturated rings. The molecule has 0 bridgehead atoms. The maximum atomic E-state index is 12.8. The van der Waals surface area contributed by atoms with Gasteiger partial charge in [0.1, 0.15) is 0 Å². The van der Waals surface area contributed by atoms with Crippen LogP contribution >= 0.6 is 0 Å². The highest BCUT2D eigenvalue weighted by Gasteiger charge is 2.20. The average molecular weight is 328 g/mol. The average Bonchev–Trinajstić information content (AvgIpc) is 2.92. The zero-order valence-corrected chi connectivity index (χ0v) is 14.0. The largest absolute Gasteiger partial charge is 0.325 e. The maximum absolute atomic E-state index is 12.8. The predicted molar refractivity (Wildman–Crippen MR) is 92.9 cm³/mol. The molecule has 0 spiro atoms. The molecule has 0 aliphatic carbocycles. The van der Waals surface area contributed by atoms with Crippen LogP contribution in [0.15, 0.2) is 65.7 Å². The van der Waals surface area contributed by atoms with Crippen LogP contribution in [0.5, 0.6) is 0 Å². The minimum Gasteiger partial charge on any atom is -0.325 e. The summed E-state index contributed by atoms with van der Waals surface area (Å²) in [6.45, 7) is 3.92. The lowest BCUT2D eigenvalue weighted by molar-refractivity contribution is 0.518. The van der Waals surface area contributed by atoms with Gasteiger partial charge < -0.3 is 5.73 Å². The molecule has 0 saturated carbocycles. The Hall–Kier alpha value is -2.11. The fraction of sp³-hybridized carbons (Fsp3) is 0.222. The Labute approximate surface area is 136 Å². The molecule has 0 radical (unpaired) electrons. The molecule has 0 unspecified atom stereocenters. The van der Waals surface area contributed by atoms with Crippen molar-refractivity contribution in [3.8, 4) is 0 Å². The number of nitrogens with two attached hydrogens (primary N) is 1. The van der Waals surface area contributed by atoms with E-state index in [4.69, 9.17) is 5.73 Å². The molecular weight excluding hydrogens is 308 g/mol. The third kappa shape index (κ3) is 3.02. The van der Waals surface area contributed by atoms with Crippen molar-refractivity contribution in [2.75, 3.05) is 0 Å². The molecule has 1 aromatic heterocycles. The second kappa shape index (κ2) is 5.51. The third-order valence-corrected chi connectivity index (χ3v) is 5.44. The van der Waals surface area contributed by atoms with Gasteiger partial charge in [0.2, 0.25) is 0 Å². The SMILES string of the molecule is CC(C)(N)Cc1cccc2c1ccn2S(=O)(=O)c1ccccc1. The van der Waals surface area contributed by atoms with Crippen LogP contribution in [-0.4, -0.2) is 17.9 Å². The Morgan fingerprint density at radius 1 is 1.00 bits per heavy atom. The van der Waals surface area contributed by atoms with Gasteiger partial charge in [-0.1, -0.05) is 30.3 Å². The summed E-state index contributed by atoms with van der Waals surface area (Å²) in [4.78, 5) is 0.280. The Balaban J connectivity index is 2.16. The molecule has 120 valence electrons. The molecule has 2 aromatic carbocycles. The molecule has 0 atom stereocenters. The Morgan fingerprint density at radius 3 is 2.35 bits per heavy atom. The van der Waals surface area contributed by atoms with E-state index in [1.165, 1.54) is 3.97 Å². The summed E-state index contributed by atoms with van der Waals surface area (Å²) in [5.41, 5.74) is 7.49. The Bertz CT molecular complexity index is 936. The molecular formula is C18H20N2O2S. The van der Waals surface area contributed by atoms with Gasteiger partial charge in [-0.3, -0.25) is 0 Å². The summed E-state index contributed by atoms with van der Waals surface area (Å²) in [5, 5.41) is 0.922. The predicted octanol–water partition coefficient (Wildman–Crippen LogP) is 3.16. The lowest BCUT2D eigenvalue weighted by Crippen LogP contribution is -2.34. The number of aromatic nitrogens is 1. The van der Waals surface area contributed by atoms with Crippen LogP contribution in [0.25, 0.3) is 10.9 Å². The smallest absolute Gasteiger partial charge is 0.268 e. The van der Waals surface area contributed by atoms with Gasteiger partial charge >= 0.3 is 0 Å². The summed E-state index contributed by atoms with van der Waals surface area (Å²) in [5.74, 6) is 0. The summed E-state index contributed by atoms with van der Waals surface area (Å²) in [6.07, 6.45) is 2.29. The molecule has 3 rings (SSSR count). The second-order valence-electron chi connectivity index (χ2n) is 6.44. The number of fused-ring (bicyclic) bond motifs is 1.